The molecule has 0 aromatic heterocycles. The molecule has 7 nitrogen and oxygen atoms in total. The molecule has 0 aliphatic carbocycles. The van der Waals surface area contributed by atoms with Crippen LogP contribution in [0.15, 0.2) is 48.0 Å². The predicted octanol–water partition coefficient (Wildman–Crippen LogP) is 2.64. The Kier molecular flexibility index (Phi) is 5.57. The molecule has 2 amide bonds. The van der Waals surface area contributed by atoms with Crippen molar-refractivity contribution in [3.8, 4) is 0 Å². The van der Waals surface area contributed by atoms with E-state index in [1.807, 2.05) is 19.0 Å². The monoisotopic (exact) mass is 451 g/mol. The van der Waals surface area contributed by atoms with E-state index in [1.165, 1.54) is 21.9 Å². The molecule has 1 N–H and O–H groups in total. The van der Waals surface area contributed by atoms with Gasteiger partial charge in [-0.3, -0.25) is 14.4 Å². The predicted molar refractivity (Wildman–Crippen MR) is 122 cm³/mol. The van der Waals surface area contributed by atoms with Crippen molar-refractivity contribution in [3.05, 3.63) is 70.5 Å². The number of carbonyl (C=O) groups is 3. The van der Waals surface area contributed by atoms with Gasteiger partial charge in [-0.2, -0.15) is 0 Å². The number of para-hydroxylation sites is 1. The van der Waals surface area contributed by atoms with Crippen LogP contribution in [-0.4, -0.2) is 66.2 Å². The van der Waals surface area contributed by atoms with Crippen molar-refractivity contribution >= 4 is 29.0 Å². The van der Waals surface area contributed by atoms with Gasteiger partial charge < -0.3 is 19.8 Å². The van der Waals surface area contributed by atoms with Crippen molar-refractivity contribution in [3.63, 3.8) is 0 Å². The summed E-state index contributed by atoms with van der Waals surface area (Å²) in [5.41, 5.74) is -0.729. The molecule has 2 aliphatic heterocycles. The highest BCUT2D eigenvalue weighted by atomic mass is 19.1. The summed E-state index contributed by atoms with van der Waals surface area (Å²) in [6.45, 7) is 4.18. The smallest absolute Gasteiger partial charge is 0.296 e. The van der Waals surface area contributed by atoms with Crippen molar-refractivity contribution in [1.29, 1.82) is 0 Å². The number of hydrogen-bond acceptors (Lipinski definition) is 5. The fourth-order valence-electron chi connectivity index (χ4n) is 4.67. The van der Waals surface area contributed by atoms with Gasteiger partial charge in [0.1, 0.15) is 11.6 Å². The number of anilines is 1. The Morgan fingerprint density at radius 3 is 2.45 bits per heavy atom. The average molecular weight is 451 g/mol. The van der Waals surface area contributed by atoms with Gasteiger partial charge in [0, 0.05) is 30.8 Å². The molecule has 1 saturated heterocycles. The lowest BCUT2D eigenvalue weighted by Gasteiger charge is -2.35. The van der Waals surface area contributed by atoms with Crippen LogP contribution in [0.1, 0.15) is 23.6 Å². The minimum Gasteiger partial charge on any atom is -0.507 e. The number of rotatable bonds is 5. The normalized spacial score (nSPS) is 21.6. The Morgan fingerprint density at radius 1 is 1.12 bits per heavy atom. The molecular formula is C25H26FN3O4. The van der Waals surface area contributed by atoms with Gasteiger partial charge >= 0.3 is 0 Å². The Morgan fingerprint density at radius 2 is 1.82 bits per heavy atom. The molecule has 2 aliphatic rings. The molecule has 1 spiro atoms. The molecule has 172 valence electrons. The van der Waals surface area contributed by atoms with Crippen molar-refractivity contribution in [2.75, 3.05) is 38.6 Å². The number of hydrogen-bond donors (Lipinski definition) is 1. The second kappa shape index (κ2) is 8.12. The third-order valence-electron chi connectivity index (χ3n) is 6.34. The maximum absolute atomic E-state index is 14.3. The van der Waals surface area contributed by atoms with Gasteiger partial charge in [-0.1, -0.05) is 30.3 Å². The van der Waals surface area contributed by atoms with Crippen LogP contribution in [0.4, 0.5) is 10.1 Å². The third-order valence-corrected chi connectivity index (χ3v) is 6.34. The summed E-state index contributed by atoms with van der Waals surface area (Å²) < 4.78 is 14.3. The lowest BCUT2D eigenvalue weighted by atomic mass is 9.82. The third kappa shape index (κ3) is 3.16. The first kappa shape index (κ1) is 22.7. The summed E-state index contributed by atoms with van der Waals surface area (Å²) in [4.78, 5) is 45.2. The van der Waals surface area contributed by atoms with Crippen molar-refractivity contribution in [2.24, 2.45) is 0 Å². The quantitative estimate of drug-likeness (QED) is 0.430. The highest BCUT2D eigenvalue weighted by molar-refractivity contribution is 6.50. The standard InChI is InChI=1S/C25H26FN3O4/c1-5-28-19-9-7-6-8-17(19)25(24(28)33)20(21(30)16-11-10-15(2)18(26)14-16)22(31)23(32)29(25)13-12-27(3)4/h6-11,14,30H,5,12-13H2,1-4H3. The molecular weight excluding hydrogens is 425 g/mol. The summed E-state index contributed by atoms with van der Waals surface area (Å²) in [7, 11) is 3.64. The van der Waals surface area contributed by atoms with E-state index >= 15 is 0 Å². The van der Waals surface area contributed by atoms with Gasteiger partial charge in [-0.25, -0.2) is 4.39 Å². The molecule has 2 aromatic rings. The maximum atomic E-state index is 14.3. The summed E-state index contributed by atoms with van der Waals surface area (Å²) in [5.74, 6) is -3.46. The van der Waals surface area contributed by atoms with Crippen LogP contribution in [0.3, 0.4) is 0 Å². The molecule has 2 aromatic carbocycles. The van der Waals surface area contributed by atoms with E-state index in [-0.39, 0.29) is 17.7 Å². The number of aryl methyl sites for hydroxylation is 1. The number of halogens is 1. The van der Waals surface area contributed by atoms with Gasteiger partial charge in [0.25, 0.3) is 17.6 Å². The number of nitrogens with zero attached hydrogens (tertiary/aromatic N) is 3. The van der Waals surface area contributed by atoms with E-state index in [0.29, 0.717) is 29.9 Å². The van der Waals surface area contributed by atoms with Crippen LogP contribution in [0, 0.1) is 12.7 Å². The SMILES string of the molecule is CCN1C(=O)C2(C(=C(O)c3ccc(C)c(F)c3)C(=O)C(=O)N2CCN(C)C)c2ccccc21. The Hall–Kier alpha value is -3.52. The molecule has 33 heavy (non-hydrogen) atoms. The first-order valence-corrected chi connectivity index (χ1v) is 10.8. The first-order chi connectivity index (χ1) is 15.7. The molecule has 0 bridgehead atoms. The topological polar surface area (TPSA) is 81.2 Å². The fraction of sp³-hybridized carbons (Fsp3) is 0.320. The molecule has 0 radical (unpaired) electrons. The number of Topliss-reactive ketones (excluding diaryl/α,β-unsaturated/α-hetero) is 1. The second-order valence-corrected chi connectivity index (χ2v) is 8.55. The van der Waals surface area contributed by atoms with Crippen LogP contribution >= 0.6 is 0 Å². The summed E-state index contributed by atoms with van der Waals surface area (Å²) >= 11 is 0. The lowest BCUT2D eigenvalue weighted by Crippen LogP contribution is -2.53. The van der Waals surface area contributed by atoms with E-state index in [9.17, 15) is 23.9 Å². The molecule has 8 heteroatoms. The number of ketones is 1. The summed E-state index contributed by atoms with van der Waals surface area (Å²) in [6, 6.07) is 11.0. The van der Waals surface area contributed by atoms with E-state index in [1.54, 1.807) is 38.1 Å². The van der Waals surface area contributed by atoms with Crippen molar-refractivity contribution in [2.45, 2.75) is 19.4 Å². The zero-order chi connectivity index (χ0) is 24.1. The fourth-order valence-corrected chi connectivity index (χ4v) is 4.67. The lowest BCUT2D eigenvalue weighted by molar-refractivity contribution is -0.143. The maximum Gasteiger partial charge on any atom is 0.296 e. The van der Waals surface area contributed by atoms with E-state index in [2.05, 4.69) is 0 Å². The molecule has 1 unspecified atom stereocenters. The Balaban J connectivity index is 2.06. The van der Waals surface area contributed by atoms with Crippen LogP contribution in [0.25, 0.3) is 5.76 Å². The number of aliphatic hydroxyl groups excluding tert-OH is 1. The van der Waals surface area contributed by atoms with E-state index in [4.69, 9.17) is 0 Å². The van der Waals surface area contributed by atoms with Crippen LogP contribution in [0.5, 0.6) is 0 Å². The number of carbonyl (C=O) groups excluding carboxylic acids is 3. The Labute approximate surface area is 191 Å². The second-order valence-electron chi connectivity index (χ2n) is 8.55. The Bertz CT molecular complexity index is 1210. The highest BCUT2D eigenvalue weighted by Gasteiger charge is 2.66. The highest BCUT2D eigenvalue weighted by Crippen LogP contribution is 2.53. The van der Waals surface area contributed by atoms with E-state index in [0.717, 1.165) is 6.07 Å². The first-order valence-electron chi connectivity index (χ1n) is 10.8. The molecule has 0 saturated carbocycles. The van der Waals surface area contributed by atoms with Crippen LogP contribution in [0.2, 0.25) is 0 Å². The number of amides is 2. The van der Waals surface area contributed by atoms with Crippen LogP contribution < -0.4 is 4.90 Å². The van der Waals surface area contributed by atoms with E-state index < -0.39 is 34.7 Å². The van der Waals surface area contributed by atoms with Crippen molar-refractivity contribution < 1.29 is 23.9 Å². The summed E-state index contributed by atoms with van der Waals surface area (Å²) in [5, 5.41) is 11.3. The van der Waals surface area contributed by atoms with Gasteiger partial charge in [0.15, 0.2) is 5.54 Å². The van der Waals surface area contributed by atoms with Gasteiger partial charge in [0.2, 0.25) is 0 Å². The molecule has 2 heterocycles. The zero-order valence-electron chi connectivity index (χ0n) is 19.1. The number of benzene rings is 2. The largest absolute Gasteiger partial charge is 0.507 e. The average Bonchev–Trinajstić information content (AvgIpc) is 3.16. The van der Waals surface area contributed by atoms with Crippen molar-refractivity contribution in [1.82, 2.24) is 9.80 Å². The number of likely N-dealkylation sites (N-methyl/N-ethyl adjacent to an activating group) is 2. The molecule has 1 atom stereocenters. The minimum absolute atomic E-state index is 0.0308. The molecule has 1 fully saturated rings. The number of fused-ring (bicyclic) bond motifs is 2. The number of likely N-dealkylation sites (tertiary alicyclic amines) is 1. The number of aliphatic hydroxyl groups is 1. The van der Waals surface area contributed by atoms with Crippen LogP contribution in [-0.2, 0) is 19.9 Å². The van der Waals surface area contributed by atoms with Gasteiger partial charge in [-0.05, 0) is 45.6 Å². The zero-order valence-corrected chi connectivity index (χ0v) is 19.1. The minimum atomic E-state index is -1.82. The van der Waals surface area contributed by atoms with Gasteiger partial charge in [0.05, 0.1) is 11.3 Å². The summed E-state index contributed by atoms with van der Waals surface area (Å²) in [6.07, 6.45) is 0. The molecule has 4 rings (SSSR count). The van der Waals surface area contributed by atoms with Gasteiger partial charge in [-0.15, -0.1) is 0 Å².